The number of nitrogens with one attached hydrogen (secondary N) is 1. The number of aryl methyl sites for hydroxylation is 1. The number of aromatic nitrogens is 6. The van der Waals surface area contributed by atoms with E-state index in [-0.39, 0.29) is 12.6 Å². The monoisotopic (exact) mass is 575 g/mol. The van der Waals surface area contributed by atoms with Crippen molar-refractivity contribution in [3.63, 3.8) is 0 Å². The van der Waals surface area contributed by atoms with Gasteiger partial charge in [0.05, 0.1) is 11.1 Å². The van der Waals surface area contributed by atoms with E-state index >= 15 is 0 Å². The number of aromatic amines is 1. The molecule has 216 valence electrons. The minimum atomic E-state index is -0.445. The second-order valence-electron chi connectivity index (χ2n) is 11.2. The fraction of sp³-hybridized carbons (Fsp3) is 0.452. The number of halogens is 1. The summed E-state index contributed by atoms with van der Waals surface area (Å²) in [4.78, 5) is 20.2. The SMILES string of the molecule is CCCCc1nc(Cl)c(COC(=O)C2(CN(C)C)CCCC2)n1Cc1ccc(-c2ccccc2-c2nn[nH]n2)cc1. The van der Waals surface area contributed by atoms with Gasteiger partial charge in [-0.15, -0.1) is 10.2 Å². The number of imidazole rings is 1. The summed E-state index contributed by atoms with van der Waals surface area (Å²) in [5.41, 5.74) is 4.40. The lowest BCUT2D eigenvalue weighted by atomic mass is 9.86. The number of nitrogens with zero attached hydrogens (tertiary/aromatic N) is 6. The number of unbranched alkanes of at least 4 members (excludes halogenated alkanes) is 1. The van der Waals surface area contributed by atoms with Crippen molar-refractivity contribution in [1.82, 2.24) is 35.1 Å². The van der Waals surface area contributed by atoms with Gasteiger partial charge in [-0.1, -0.05) is 86.3 Å². The van der Waals surface area contributed by atoms with Gasteiger partial charge in [0, 0.05) is 25.1 Å². The summed E-state index contributed by atoms with van der Waals surface area (Å²) in [5.74, 6) is 1.34. The Morgan fingerprint density at radius 3 is 2.49 bits per heavy atom. The first-order valence-electron chi connectivity index (χ1n) is 14.4. The summed E-state index contributed by atoms with van der Waals surface area (Å²) in [6, 6.07) is 16.4. The van der Waals surface area contributed by atoms with Crippen LogP contribution in [0.1, 0.15) is 62.5 Å². The quantitative estimate of drug-likeness (QED) is 0.209. The summed E-state index contributed by atoms with van der Waals surface area (Å²) in [7, 11) is 4.02. The highest BCUT2D eigenvalue weighted by atomic mass is 35.5. The van der Waals surface area contributed by atoms with Crippen molar-refractivity contribution < 1.29 is 9.53 Å². The molecule has 0 unspecified atom stereocenters. The molecule has 0 bridgehead atoms. The molecule has 1 saturated carbocycles. The summed E-state index contributed by atoms with van der Waals surface area (Å²) in [5, 5.41) is 15.0. The van der Waals surface area contributed by atoms with Gasteiger partial charge in [-0.3, -0.25) is 4.79 Å². The van der Waals surface area contributed by atoms with Gasteiger partial charge in [0.1, 0.15) is 12.4 Å². The van der Waals surface area contributed by atoms with E-state index in [4.69, 9.17) is 21.3 Å². The van der Waals surface area contributed by atoms with Crippen molar-refractivity contribution in [2.24, 2.45) is 5.41 Å². The van der Waals surface area contributed by atoms with Gasteiger partial charge in [0.2, 0.25) is 5.82 Å². The standard InChI is InChI=1S/C31H38ClN7O2/c1-4-5-12-27-33-28(32)26(20-41-30(40)31(21-38(2)3)17-8-9-18-31)39(27)19-22-13-15-23(16-14-22)24-10-6-7-11-25(24)29-34-36-37-35-29/h6-7,10-11,13-16H,4-5,8-9,12,17-21H2,1-3H3,(H,34,35,36,37). The van der Waals surface area contributed by atoms with E-state index in [1.54, 1.807) is 0 Å². The smallest absolute Gasteiger partial charge is 0.313 e. The Balaban J connectivity index is 1.38. The summed E-state index contributed by atoms with van der Waals surface area (Å²) >= 11 is 6.68. The molecular weight excluding hydrogens is 538 g/mol. The normalized spacial score (nSPS) is 14.6. The molecule has 0 saturated heterocycles. The highest BCUT2D eigenvalue weighted by Gasteiger charge is 2.43. The molecule has 0 spiro atoms. The third-order valence-corrected chi connectivity index (χ3v) is 8.23. The number of hydrogen-bond acceptors (Lipinski definition) is 7. The zero-order valence-electron chi connectivity index (χ0n) is 24.1. The van der Waals surface area contributed by atoms with Gasteiger partial charge < -0.3 is 14.2 Å². The van der Waals surface area contributed by atoms with Crippen LogP contribution in [0.25, 0.3) is 22.5 Å². The Labute approximate surface area is 246 Å². The van der Waals surface area contributed by atoms with Crippen LogP contribution >= 0.6 is 11.6 Å². The molecule has 4 aromatic rings. The van der Waals surface area contributed by atoms with Crippen LogP contribution < -0.4 is 0 Å². The molecule has 1 aliphatic carbocycles. The van der Waals surface area contributed by atoms with Crippen molar-refractivity contribution in [1.29, 1.82) is 0 Å². The second-order valence-corrected chi connectivity index (χ2v) is 11.6. The number of carbonyl (C=O) groups excluding carboxylic acids is 1. The number of benzene rings is 2. The van der Waals surface area contributed by atoms with Crippen molar-refractivity contribution in [3.05, 3.63) is 70.8 Å². The first kappa shape index (κ1) is 29.0. The molecule has 9 nitrogen and oxygen atoms in total. The number of H-pyrrole nitrogens is 1. The molecule has 0 amide bonds. The first-order chi connectivity index (χ1) is 19.9. The zero-order valence-corrected chi connectivity index (χ0v) is 24.8. The fourth-order valence-corrected chi connectivity index (χ4v) is 6.16. The third-order valence-electron chi connectivity index (χ3n) is 7.93. The van der Waals surface area contributed by atoms with Gasteiger partial charge in [0.25, 0.3) is 0 Å². The minimum absolute atomic E-state index is 0.113. The Bertz CT molecular complexity index is 1440. The van der Waals surface area contributed by atoms with E-state index in [0.29, 0.717) is 24.1 Å². The van der Waals surface area contributed by atoms with Crippen molar-refractivity contribution in [2.75, 3.05) is 20.6 Å². The van der Waals surface area contributed by atoms with Gasteiger partial charge in [-0.2, -0.15) is 5.21 Å². The molecule has 2 heterocycles. The number of ether oxygens (including phenoxy) is 1. The fourth-order valence-electron chi connectivity index (χ4n) is 5.90. The van der Waals surface area contributed by atoms with Crippen LogP contribution in [0.5, 0.6) is 0 Å². The molecule has 2 aromatic heterocycles. The van der Waals surface area contributed by atoms with Crippen molar-refractivity contribution in [2.45, 2.75) is 65.0 Å². The maximum atomic E-state index is 13.4. The van der Waals surface area contributed by atoms with Crippen LogP contribution in [0.15, 0.2) is 48.5 Å². The molecule has 5 rings (SSSR count). The molecule has 0 radical (unpaired) electrons. The third kappa shape index (κ3) is 6.52. The molecule has 41 heavy (non-hydrogen) atoms. The lowest BCUT2D eigenvalue weighted by molar-refractivity contribution is -0.158. The molecule has 0 aliphatic heterocycles. The van der Waals surface area contributed by atoms with Crippen LogP contribution in [0, 0.1) is 5.41 Å². The van der Waals surface area contributed by atoms with Crippen LogP contribution in [-0.2, 0) is 29.1 Å². The number of carbonyl (C=O) groups is 1. The zero-order chi connectivity index (χ0) is 28.8. The molecular formula is C31H38ClN7O2. The lowest BCUT2D eigenvalue weighted by Crippen LogP contribution is -2.39. The van der Waals surface area contributed by atoms with Crippen LogP contribution in [0.2, 0.25) is 5.15 Å². The largest absolute Gasteiger partial charge is 0.459 e. The second kappa shape index (κ2) is 13.0. The number of hydrogen-bond donors (Lipinski definition) is 1. The maximum Gasteiger partial charge on any atom is 0.313 e. The van der Waals surface area contributed by atoms with E-state index in [1.807, 2.05) is 32.3 Å². The number of tetrazole rings is 1. The van der Waals surface area contributed by atoms with E-state index in [1.165, 1.54) is 0 Å². The van der Waals surface area contributed by atoms with Crippen LogP contribution in [-0.4, -0.2) is 61.7 Å². The Kier molecular flexibility index (Phi) is 9.15. The highest BCUT2D eigenvalue weighted by molar-refractivity contribution is 6.30. The topological polar surface area (TPSA) is 102 Å². The predicted molar refractivity (Wildman–Crippen MR) is 159 cm³/mol. The Hall–Kier alpha value is -3.56. The maximum absolute atomic E-state index is 13.4. The molecule has 2 aromatic carbocycles. The summed E-state index contributed by atoms with van der Waals surface area (Å²) < 4.78 is 8.11. The van der Waals surface area contributed by atoms with Crippen molar-refractivity contribution >= 4 is 17.6 Å². The lowest BCUT2D eigenvalue weighted by Gasteiger charge is -2.29. The van der Waals surface area contributed by atoms with Crippen molar-refractivity contribution in [3.8, 4) is 22.5 Å². The minimum Gasteiger partial charge on any atom is -0.459 e. The highest BCUT2D eigenvalue weighted by Crippen LogP contribution is 2.40. The first-order valence-corrected chi connectivity index (χ1v) is 14.8. The van der Waals surface area contributed by atoms with E-state index in [2.05, 4.69) is 67.3 Å². The van der Waals surface area contributed by atoms with E-state index in [0.717, 1.165) is 78.7 Å². The average molecular weight is 576 g/mol. The molecule has 1 fully saturated rings. The molecule has 0 atom stereocenters. The number of esters is 1. The average Bonchev–Trinajstić information content (AvgIpc) is 3.73. The van der Waals surface area contributed by atoms with Crippen LogP contribution in [0.3, 0.4) is 0 Å². The summed E-state index contributed by atoms with van der Waals surface area (Å²) in [6.07, 6.45) is 6.70. The van der Waals surface area contributed by atoms with E-state index < -0.39 is 5.41 Å². The Morgan fingerprint density at radius 1 is 1.10 bits per heavy atom. The number of rotatable bonds is 12. The van der Waals surface area contributed by atoms with Crippen LogP contribution in [0.4, 0.5) is 0 Å². The van der Waals surface area contributed by atoms with Gasteiger partial charge in [0.15, 0.2) is 5.15 Å². The van der Waals surface area contributed by atoms with Gasteiger partial charge >= 0.3 is 5.97 Å². The van der Waals surface area contributed by atoms with Gasteiger partial charge in [-0.05, 0) is 55.3 Å². The molecule has 1 aliphatic rings. The summed E-state index contributed by atoms with van der Waals surface area (Å²) in [6.45, 7) is 3.56. The van der Waals surface area contributed by atoms with E-state index in [9.17, 15) is 4.79 Å². The van der Waals surface area contributed by atoms with Gasteiger partial charge in [-0.25, -0.2) is 4.98 Å². The predicted octanol–water partition coefficient (Wildman–Crippen LogP) is 5.94. The molecule has 1 N–H and O–H groups in total. The Morgan fingerprint density at radius 2 is 1.83 bits per heavy atom. The molecule has 10 heteroatoms.